The first-order valence-corrected chi connectivity index (χ1v) is 7.05. The van der Waals surface area contributed by atoms with Gasteiger partial charge in [0.1, 0.15) is 0 Å². The molecule has 134 valence electrons. The molecule has 0 unspecified atom stereocenters. The highest BCUT2D eigenvalue weighted by molar-refractivity contribution is 6.30. The van der Waals surface area contributed by atoms with E-state index in [0.717, 1.165) is 16.7 Å². The lowest BCUT2D eigenvalue weighted by Crippen LogP contribution is -2.21. The normalized spacial score (nSPS) is 10.4. The van der Waals surface area contributed by atoms with E-state index in [0.29, 0.717) is 10.7 Å². The summed E-state index contributed by atoms with van der Waals surface area (Å²) in [5.41, 5.74) is 3.31. The van der Waals surface area contributed by atoms with E-state index >= 15 is 0 Å². The minimum absolute atomic E-state index is 0.551. The number of hydrogen-bond acceptors (Lipinski definition) is 2. The van der Waals surface area contributed by atoms with Crippen LogP contribution in [0.3, 0.4) is 0 Å². The van der Waals surface area contributed by atoms with E-state index in [9.17, 15) is 18.0 Å². The van der Waals surface area contributed by atoms with Gasteiger partial charge in [-0.1, -0.05) is 35.4 Å². The second kappa shape index (κ2) is 8.39. The van der Waals surface area contributed by atoms with Crippen molar-refractivity contribution < 1.29 is 33.0 Å². The van der Waals surface area contributed by atoms with Crippen LogP contribution >= 0.6 is 11.6 Å². The number of rotatable bonds is 2. The summed E-state index contributed by atoms with van der Waals surface area (Å²) in [6.45, 7) is 1.96. The minimum atomic E-state index is -5.08. The fourth-order valence-corrected chi connectivity index (χ4v) is 1.97. The van der Waals surface area contributed by atoms with E-state index in [1.807, 2.05) is 37.3 Å². The van der Waals surface area contributed by atoms with Crippen LogP contribution in [-0.2, 0) is 4.79 Å². The van der Waals surface area contributed by atoms with Crippen LogP contribution in [0.4, 0.5) is 23.7 Å². The fraction of sp³-hybridized carbons (Fsp3) is 0.125. The van der Waals surface area contributed by atoms with E-state index in [-0.39, 0.29) is 0 Å². The molecule has 3 N–H and O–H groups in total. The summed E-state index contributed by atoms with van der Waals surface area (Å²) in [5, 5.41) is 19.0. The molecule has 0 fully saturated rings. The molecule has 0 heterocycles. The van der Waals surface area contributed by atoms with Gasteiger partial charge < -0.3 is 10.2 Å². The molecule has 0 aromatic heterocycles. The van der Waals surface area contributed by atoms with Crippen LogP contribution in [0.25, 0.3) is 11.1 Å². The molecule has 0 saturated carbocycles. The van der Waals surface area contributed by atoms with Crippen LogP contribution in [0.1, 0.15) is 5.56 Å². The van der Waals surface area contributed by atoms with Gasteiger partial charge >= 0.3 is 18.2 Å². The molecule has 2 aromatic rings. The Labute approximate surface area is 145 Å². The fourth-order valence-electron chi connectivity index (χ4n) is 1.78. The molecule has 0 aliphatic rings. The summed E-state index contributed by atoms with van der Waals surface area (Å²) in [5.74, 6) is -2.76. The van der Waals surface area contributed by atoms with Gasteiger partial charge in [0.2, 0.25) is 0 Å². The van der Waals surface area contributed by atoms with Crippen molar-refractivity contribution in [1.82, 2.24) is 0 Å². The molecular formula is C16H13ClF3NO4. The largest absolute Gasteiger partial charge is 0.490 e. The third-order valence-corrected chi connectivity index (χ3v) is 3.03. The van der Waals surface area contributed by atoms with Crippen molar-refractivity contribution >= 4 is 29.4 Å². The van der Waals surface area contributed by atoms with E-state index in [1.54, 1.807) is 12.1 Å². The zero-order chi connectivity index (χ0) is 19.2. The van der Waals surface area contributed by atoms with Crippen LogP contribution in [0, 0.1) is 6.92 Å². The highest BCUT2D eigenvalue weighted by Gasteiger charge is 2.38. The lowest BCUT2D eigenvalue weighted by atomic mass is 10.0. The Bertz CT molecular complexity index is 778. The van der Waals surface area contributed by atoms with E-state index in [1.165, 1.54) is 0 Å². The van der Waals surface area contributed by atoms with Crippen molar-refractivity contribution in [2.24, 2.45) is 0 Å². The predicted molar refractivity (Wildman–Crippen MR) is 87.0 cm³/mol. The number of carboxylic acids is 1. The predicted octanol–water partition coefficient (Wildman–Crippen LogP) is 5.04. The van der Waals surface area contributed by atoms with Gasteiger partial charge in [-0.3, -0.25) is 5.32 Å². The first kappa shape index (κ1) is 20.3. The molecule has 2 aromatic carbocycles. The molecule has 5 nitrogen and oxygen atoms in total. The topological polar surface area (TPSA) is 86.6 Å². The van der Waals surface area contributed by atoms with Crippen LogP contribution < -0.4 is 5.32 Å². The molecule has 9 heteroatoms. The number of amides is 1. The van der Waals surface area contributed by atoms with Crippen LogP contribution in [0.5, 0.6) is 0 Å². The Morgan fingerprint density at radius 1 is 1.08 bits per heavy atom. The summed E-state index contributed by atoms with van der Waals surface area (Å²) in [4.78, 5) is 19.7. The first-order chi connectivity index (χ1) is 11.5. The molecular weight excluding hydrogens is 363 g/mol. The number of nitrogens with one attached hydrogen (secondary N) is 1. The molecule has 0 bridgehead atoms. The SMILES string of the molecule is Cc1ccc(NC(=O)O)c(-c2cccc(Cl)c2)c1.O=C(O)C(F)(F)F. The van der Waals surface area contributed by atoms with E-state index in [2.05, 4.69) is 5.32 Å². The Morgan fingerprint density at radius 3 is 2.16 bits per heavy atom. The summed E-state index contributed by atoms with van der Waals surface area (Å²) >= 11 is 5.96. The number of aryl methyl sites for hydroxylation is 1. The molecule has 2 rings (SSSR count). The lowest BCUT2D eigenvalue weighted by molar-refractivity contribution is -0.192. The number of aliphatic carboxylic acids is 1. The molecule has 0 aliphatic heterocycles. The van der Waals surface area contributed by atoms with Crippen LogP contribution in [-0.4, -0.2) is 28.5 Å². The molecule has 1 amide bonds. The van der Waals surface area contributed by atoms with Gasteiger partial charge in [-0.25, -0.2) is 9.59 Å². The van der Waals surface area contributed by atoms with Gasteiger partial charge in [-0.2, -0.15) is 13.2 Å². The minimum Gasteiger partial charge on any atom is -0.475 e. The number of alkyl halides is 3. The maximum atomic E-state index is 10.8. The second-order valence-electron chi connectivity index (χ2n) is 4.79. The highest BCUT2D eigenvalue weighted by Crippen LogP contribution is 2.30. The van der Waals surface area contributed by atoms with Gasteiger partial charge in [0, 0.05) is 10.6 Å². The third kappa shape index (κ3) is 6.72. The van der Waals surface area contributed by atoms with Gasteiger partial charge in [0.15, 0.2) is 0 Å². The maximum Gasteiger partial charge on any atom is 0.490 e. The number of anilines is 1. The highest BCUT2D eigenvalue weighted by atomic mass is 35.5. The van der Waals surface area contributed by atoms with Crippen LogP contribution in [0.15, 0.2) is 42.5 Å². The van der Waals surface area contributed by atoms with Gasteiger partial charge in [0.05, 0.1) is 5.69 Å². The van der Waals surface area contributed by atoms with Crippen molar-refractivity contribution in [3.63, 3.8) is 0 Å². The number of carbonyl (C=O) groups is 2. The van der Waals surface area contributed by atoms with Crippen molar-refractivity contribution in [3.05, 3.63) is 53.1 Å². The van der Waals surface area contributed by atoms with Crippen LogP contribution in [0.2, 0.25) is 5.02 Å². The summed E-state index contributed by atoms with van der Waals surface area (Å²) in [6.07, 6.45) is -6.16. The average molecular weight is 376 g/mol. The Hall–Kier alpha value is -2.74. The molecule has 0 spiro atoms. The Kier molecular flexibility index (Phi) is 6.81. The molecule has 0 atom stereocenters. The molecule has 0 aliphatic carbocycles. The second-order valence-corrected chi connectivity index (χ2v) is 5.23. The first-order valence-electron chi connectivity index (χ1n) is 6.67. The molecule has 0 saturated heterocycles. The quantitative estimate of drug-likeness (QED) is 0.686. The lowest BCUT2D eigenvalue weighted by Gasteiger charge is -2.10. The van der Waals surface area contributed by atoms with Crippen molar-refractivity contribution in [2.45, 2.75) is 13.1 Å². The Morgan fingerprint density at radius 2 is 1.68 bits per heavy atom. The van der Waals surface area contributed by atoms with Crippen molar-refractivity contribution in [2.75, 3.05) is 5.32 Å². The van der Waals surface area contributed by atoms with Crippen molar-refractivity contribution in [3.8, 4) is 11.1 Å². The average Bonchev–Trinajstić information content (AvgIpc) is 2.48. The molecule has 0 radical (unpaired) electrons. The summed E-state index contributed by atoms with van der Waals surface area (Å²) < 4.78 is 31.7. The van der Waals surface area contributed by atoms with Crippen molar-refractivity contribution in [1.29, 1.82) is 0 Å². The number of hydrogen-bond donors (Lipinski definition) is 3. The van der Waals surface area contributed by atoms with E-state index < -0.39 is 18.2 Å². The number of benzene rings is 2. The molecule has 25 heavy (non-hydrogen) atoms. The monoisotopic (exact) mass is 375 g/mol. The van der Waals surface area contributed by atoms with Gasteiger partial charge in [0.25, 0.3) is 0 Å². The number of carboxylic acid groups (broad SMARTS) is 2. The zero-order valence-electron chi connectivity index (χ0n) is 12.8. The van der Waals surface area contributed by atoms with Gasteiger partial charge in [-0.05, 0) is 36.8 Å². The third-order valence-electron chi connectivity index (χ3n) is 2.79. The Balaban J connectivity index is 0.000000381. The van der Waals surface area contributed by atoms with Gasteiger partial charge in [-0.15, -0.1) is 0 Å². The van der Waals surface area contributed by atoms with E-state index in [4.69, 9.17) is 26.6 Å². The zero-order valence-corrected chi connectivity index (χ0v) is 13.5. The summed E-state index contributed by atoms with van der Waals surface area (Å²) in [7, 11) is 0. The maximum absolute atomic E-state index is 10.8. The standard InChI is InChI=1S/C14H12ClNO2.C2HF3O2/c1-9-5-6-13(16-14(17)18)12(7-9)10-3-2-4-11(15)8-10;3-2(4,5)1(6)7/h2-8,16H,1H3,(H,17,18);(H,6,7). The summed E-state index contributed by atoms with van der Waals surface area (Å²) in [6, 6.07) is 12.9. The number of halogens is 4. The smallest absolute Gasteiger partial charge is 0.475 e.